The Balaban J connectivity index is 2.02. The van der Waals surface area contributed by atoms with Crippen LogP contribution in [-0.4, -0.2) is 43.1 Å². The first kappa shape index (κ1) is 26.9. The van der Waals surface area contributed by atoms with Crippen LogP contribution in [0.3, 0.4) is 0 Å². The van der Waals surface area contributed by atoms with Crippen molar-refractivity contribution in [2.75, 3.05) is 28.4 Å². The molecule has 2 rings (SSSR count). The summed E-state index contributed by atoms with van der Waals surface area (Å²) in [5.74, 6) is 3.12. The maximum absolute atomic E-state index is 10.3. The summed E-state index contributed by atoms with van der Waals surface area (Å²) in [5, 5.41) is 12.7. The van der Waals surface area contributed by atoms with E-state index in [1.54, 1.807) is 28.4 Å². The van der Waals surface area contributed by atoms with E-state index in [2.05, 4.69) is 37.8 Å². The topological polar surface area (TPSA) is 60.7 Å². The van der Waals surface area contributed by atoms with Gasteiger partial charge in [0.15, 0.2) is 0 Å². The quantitative estimate of drug-likeness (QED) is 0.294. The number of nitriles is 1. The molecule has 0 aliphatic rings. The standard InChI is InChI=1S/C27H38AsNO4/c1-20(2)27(19-29,22-10-12-24(31-5)26(18-22)33-7)14-8-15-28(3)16-13-21-9-11-23(30-4)25(17-21)32-6/h9-12,17-18,20H,8,13-16H2,1-7H3/t27-,28?/m0/s1. The van der Waals surface area contributed by atoms with Crippen molar-refractivity contribution in [2.24, 2.45) is 5.92 Å². The van der Waals surface area contributed by atoms with E-state index < -0.39 is 20.1 Å². The van der Waals surface area contributed by atoms with Gasteiger partial charge in [0.2, 0.25) is 0 Å². The van der Waals surface area contributed by atoms with Crippen LogP contribution in [0.5, 0.6) is 23.0 Å². The zero-order valence-corrected chi connectivity index (χ0v) is 23.0. The number of aryl methyl sites for hydroxylation is 1. The predicted octanol–water partition coefficient (Wildman–Crippen LogP) is 6.29. The van der Waals surface area contributed by atoms with E-state index in [-0.39, 0.29) is 5.92 Å². The molecule has 0 fully saturated rings. The second-order valence-corrected chi connectivity index (χ2v) is 14.1. The minimum atomic E-state index is -0.970. The maximum atomic E-state index is 10.3. The molecule has 0 aliphatic carbocycles. The molecule has 0 aromatic heterocycles. The van der Waals surface area contributed by atoms with Gasteiger partial charge in [-0.05, 0) is 0 Å². The van der Waals surface area contributed by atoms with E-state index in [1.165, 1.54) is 16.0 Å². The van der Waals surface area contributed by atoms with E-state index >= 15 is 0 Å². The molecule has 2 aromatic carbocycles. The van der Waals surface area contributed by atoms with Gasteiger partial charge in [-0.15, -0.1) is 0 Å². The van der Waals surface area contributed by atoms with Crippen molar-refractivity contribution in [3.05, 3.63) is 47.5 Å². The fourth-order valence-corrected chi connectivity index (χ4v) is 7.50. The molecule has 0 aliphatic heterocycles. The number of nitrogens with zero attached hydrogens (tertiary/aromatic N) is 1. The van der Waals surface area contributed by atoms with Crippen LogP contribution in [0.25, 0.3) is 0 Å². The molecule has 0 saturated heterocycles. The van der Waals surface area contributed by atoms with Crippen LogP contribution in [0.4, 0.5) is 0 Å². The summed E-state index contributed by atoms with van der Waals surface area (Å²) < 4.78 is 21.7. The number of hydrogen-bond acceptors (Lipinski definition) is 5. The average molecular weight is 516 g/mol. The Kier molecular flexibility index (Phi) is 10.4. The van der Waals surface area contributed by atoms with Crippen LogP contribution in [0, 0.1) is 17.2 Å². The number of benzene rings is 2. The molecule has 33 heavy (non-hydrogen) atoms. The summed E-state index contributed by atoms with van der Waals surface area (Å²) in [4.78, 5) is 0. The van der Waals surface area contributed by atoms with Crippen LogP contribution in [0.15, 0.2) is 36.4 Å². The predicted molar refractivity (Wildman–Crippen MR) is 135 cm³/mol. The molecule has 1 unspecified atom stereocenters. The van der Waals surface area contributed by atoms with Crippen LogP contribution >= 0.6 is 0 Å². The molecule has 0 amide bonds. The van der Waals surface area contributed by atoms with Gasteiger partial charge in [-0.3, -0.25) is 0 Å². The number of methoxy groups -OCH3 is 4. The molecular weight excluding hydrogens is 477 g/mol. The Morgan fingerprint density at radius 1 is 0.848 bits per heavy atom. The van der Waals surface area contributed by atoms with Crippen LogP contribution in [0.1, 0.15) is 37.8 Å². The number of ether oxygens (including phenoxy) is 4. The molecule has 6 heteroatoms. The third-order valence-electron chi connectivity index (χ3n) is 6.42. The monoisotopic (exact) mass is 515 g/mol. The summed E-state index contributed by atoms with van der Waals surface area (Å²) in [6, 6.07) is 14.8. The van der Waals surface area contributed by atoms with E-state index in [4.69, 9.17) is 18.9 Å². The first-order valence-electron chi connectivity index (χ1n) is 11.4. The minimum absolute atomic E-state index is 0.199. The number of rotatable bonds is 13. The van der Waals surface area contributed by atoms with E-state index in [0.717, 1.165) is 36.3 Å². The molecule has 5 nitrogen and oxygen atoms in total. The van der Waals surface area contributed by atoms with E-state index in [1.807, 2.05) is 24.3 Å². The molecular formula is C27H38AsNO4. The van der Waals surface area contributed by atoms with Crippen molar-refractivity contribution in [1.29, 1.82) is 5.26 Å². The van der Waals surface area contributed by atoms with Gasteiger partial charge in [-0.2, -0.15) is 0 Å². The van der Waals surface area contributed by atoms with Gasteiger partial charge >= 0.3 is 204 Å². The molecule has 0 N–H and O–H groups in total. The third-order valence-corrected chi connectivity index (χ3v) is 10.8. The Bertz CT molecular complexity index is 940. The van der Waals surface area contributed by atoms with Gasteiger partial charge in [0.1, 0.15) is 0 Å². The summed E-state index contributed by atoms with van der Waals surface area (Å²) in [6.45, 7) is 4.27. The molecule has 0 bridgehead atoms. The number of hydrogen-bond donors (Lipinski definition) is 0. The first-order valence-corrected chi connectivity index (χ1v) is 15.9. The normalized spacial score (nSPS) is 13.7. The van der Waals surface area contributed by atoms with Crippen molar-refractivity contribution < 1.29 is 18.9 Å². The Morgan fingerprint density at radius 2 is 1.42 bits per heavy atom. The molecule has 0 heterocycles. The van der Waals surface area contributed by atoms with Crippen LogP contribution < -0.4 is 18.9 Å². The summed E-state index contributed by atoms with van der Waals surface area (Å²) in [6.07, 6.45) is 2.97. The summed E-state index contributed by atoms with van der Waals surface area (Å²) in [7, 11) is 6.60. The van der Waals surface area contributed by atoms with Crippen molar-refractivity contribution in [3.63, 3.8) is 0 Å². The van der Waals surface area contributed by atoms with E-state index in [0.29, 0.717) is 11.5 Å². The molecule has 0 radical (unpaired) electrons. The molecule has 180 valence electrons. The van der Waals surface area contributed by atoms with Crippen molar-refractivity contribution in [3.8, 4) is 29.1 Å². The van der Waals surface area contributed by atoms with Gasteiger partial charge < -0.3 is 0 Å². The Hall–Kier alpha value is -2.31. The van der Waals surface area contributed by atoms with Gasteiger partial charge in [0.25, 0.3) is 0 Å². The third kappa shape index (κ3) is 6.61. The van der Waals surface area contributed by atoms with E-state index in [9.17, 15) is 5.26 Å². The zero-order valence-electron chi connectivity index (χ0n) is 21.1. The summed E-state index contributed by atoms with van der Waals surface area (Å²) in [5.41, 5.74) is 4.21. The Morgan fingerprint density at radius 3 is 1.97 bits per heavy atom. The molecule has 0 spiro atoms. The van der Waals surface area contributed by atoms with Gasteiger partial charge in [0.05, 0.1) is 0 Å². The molecule has 0 saturated carbocycles. The van der Waals surface area contributed by atoms with Crippen molar-refractivity contribution in [1.82, 2.24) is 0 Å². The first-order chi connectivity index (χ1) is 15.8. The fourth-order valence-electron chi connectivity index (χ4n) is 4.23. The second-order valence-electron chi connectivity index (χ2n) is 8.65. The van der Waals surface area contributed by atoms with Crippen molar-refractivity contribution in [2.45, 2.75) is 54.7 Å². The SMILES string of the molecule is COc1ccc(CC[As](C)CCC[C@@](C#N)(c2ccc(OC)c(OC)c2)C(C)C)cc1OC. The van der Waals surface area contributed by atoms with Gasteiger partial charge in [0, 0.05) is 0 Å². The zero-order chi connectivity index (χ0) is 24.4. The molecule has 2 aromatic rings. The van der Waals surface area contributed by atoms with Gasteiger partial charge in [-0.1, -0.05) is 0 Å². The van der Waals surface area contributed by atoms with Gasteiger partial charge in [-0.25, -0.2) is 0 Å². The van der Waals surface area contributed by atoms with Crippen LogP contribution in [-0.2, 0) is 11.8 Å². The van der Waals surface area contributed by atoms with Crippen LogP contribution in [0.2, 0.25) is 16.1 Å². The fraction of sp³-hybridized carbons (Fsp3) is 0.519. The average Bonchev–Trinajstić information content (AvgIpc) is 2.84. The second kappa shape index (κ2) is 12.8. The Labute approximate surface area is 204 Å². The van der Waals surface area contributed by atoms with Crippen molar-refractivity contribution >= 4 is 14.7 Å². The summed E-state index contributed by atoms with van der Waals surface area (Å²) >= 11 is -0.970. The molecule has 2 atom stereocenters.